The van der Waals surface area contributed by atoms with Crippen LogP contribution >= 0.6 is 0 Å². The molecule has 1 heterocycles. The maximum absolute atomic E-state index is 12.7. The van der Waals surface area contributed by atoms with Gasteiger partial charge in [-0.25, -0.2) is 4.79 Å². The molecule has 0 radical (unpaired) electrons. The summed E-state index contributed by atoms with van der Waals surface area (Å²) in [6.45, 7) is 3.73. The van der Waals surface area contributed by atoms with Crippen molar-refractivity contribution in [2.75, 3.05) is 0 Å². The molecule has 3 amide bonds. The van der Waals surface area contributed by atoms with Crippen LogP contribution in [0.3, 0.4) is 0 Å². The summed E-state index contributed by atoms with van der Waals surface area (Å²) >= 11 is 0. The largest absolute Gasteiger partial charge is 0.325 e. The lowest BCUT2D eigenvalue weighted by atomic mass is 9.76. The standard InChI is InChI=1S/C15H18N2O2/c1-10(2)17-13(18)15(16-14(17)19)9-5-7-11-6-3-4-8-12(11)15/h3-4,6,8,10H,5,7,9H2,1-2H3,(H,16,19). The first-order chi connectivity index (χ1) is 9.06. The van der Waals surface area contributed by atoms with Crippen LogP contribution in [-0.4, -0.2) is 22.9 Å². The summed E-state index contributed by atoms with van der Waals surface area (Å²) in [6.07, 6.45) is 2.59. The molecule has 1 spiro atoms. The van der Waals surface area contributed by atoms with Crippen molar-refractivity contribution in [1.82, 2.24) is 10.2 Å². The third-order valence-corrected chi connectivity index (χ3v) is 4.11. The average Bonchev–Trinajstić information content (AvgIpc) is 2.62. The van der Waals surface area contributed by atoms with Gasteiger partial charge in [-0.05, 0) is 44.2 Å². The van der Waals surface area contributed by atoms with Crippen molar-refractivity contribution in [2.45, 2.75) is 44.7 Å². The number of carbonyl (C=O) groups excluding carboxylic acids is 2. The van der Waals surface area contributed by atoms with E-state index in [1.54, 1.807) is 0 Å². The average molecular weight is 258 g/mol. The zero-order valence-corrected chi connectivity index (χ0v) is 11.3. The summed E-state index contributed by atoms with van der Waals surface area (Å²) in [6, 6.07) is 7.56. The predicted octanol–water partition coefficient (Wildman–Crippen LogP) is 2.18. The third kappa shape index (κ3) is 1.59. The van der Waals surface area contributed by atoms with Gasteiger partial charge in [0, 0.05) is 6.04 Å². The molecule has 100 valence electrons. The molecule has 1 atom stereocenters. The van der Waals surface area contributed by atoms with Crippen molar-refractivity contribution in [3.8, 4) is 0 Å². The number of imide groups is 1. The summed E-state index contributed by atoms with van der Waals surface area (Å²) < 4.78 is 0. The topological polar surface area (TPSA) is 49.4 Å². The monoisotopic (exact) mass is 258 g/mol. The van der Waals surface area contributed by atoms with Crippen molar-refractivity contribution in [2.24, 2.45) is 0 Å². The molecule has 1 saturated heterocycles. The minimum absolute atomic E-state index is 0.0975. The maximum atomic E-state index is 12.7. The van der Waals surface area contributed by atoms with Crippen LogP contribution in [0.1, 0.15) is 37.8 Å². The molecular weight excluding hydrogens is 240 g/mol. The molecule has 2 aliphatic rings. The molecule has 1 unspecified atom stereocenters. The Morgan fingerprint density at radius 1 is 1.26 bits per heavy atom. The predicted molar refractivity (Wildman–Crippen MR) is 71.6 cm³/mol. The summed E-state index contributed by atoms with van der Waals surface area (Å²) in [4.78, 5) is 26.2. The first-order valence-electron chi connectivity index (χ1n) is 6.80. The van der Waals surface area contributed by atoms with Gasteiger partial charge in [-0.3, -0.25) is 9.69 Å². The lowest BCUT2D eigenvalue weighted by molar-refractivity contribution is -0.133. The van der Waals surface area contributed by atoms with Gasteiger partial charge in [0.2, 0.25) is 0 Å². The molecule has 0 saturated carbocycles. The first-order valence-corrected chi connectivity index (χ1v) is 6.80. The SMILES string of the molecule is CC(C)N1C(=O)NC2(CCCc3ccccc32)C1=O. The van der Waals surface area contributed by atoms with Crippen LogP contribution in [0.5, 0.6) is 0 Å². The second-order valence-corrected chi connectivity index (χ2v) is 5.62. The number of nitrogens with one attached hydrogen (secondary N) is 1. The lowest BCUT2D eigenvalue weighted by Crippen LogP contribution is -2.47. The third-order valence-electron chi connectivity index (χ3n) is 4.11. The molecule has 1 N–H and O–H groups in total. The van der Waals surface area contributed by atoms with Crippen molar-refractivity contribution in [1.29, 1.82) is 0 Å². The van der Waals surface area contributed by atoms with Crippen LogP contribution in [0.15, 0.2) is 24.3 Å². The second kappa shape index (κ2) is 4.08. The van der Waals surface area contributed by atoms with E-state index in [1.807, 2.05) is 38.1 Å². The van der Waals surface area contributed by atoms with E-state index in [1.165, 1.54) is 10.5 Å². The Labute approximate surface area is 112 Å². The molecule has 1 aliphatic heterocycles. The van der Waals surface area contributed by atoms with Gasteiger partial charge >= 0.3 is 6.03 Å². The smallest absolute Gasteiger partial charge is 0.319 e. The van der Waals surface area contributed by atoms with Crippen LogP contribution in [0, 0.1) is 0 Å². The highest BCUT2D eigenvalue weighted by Crippen LogP contribution is 2.40. The molecule has 1 aromatic carbocycles. The quantitative estimate of drug-likeness (QED) is 0.785. The van der Waals surface area contributed by atoms with Gasteiger partial charge in [-0.1, -0.05) is 24.3 Å². The normalized spacial score (nSPS) is 25.9. The molecule has 1 aliphatic carbocycles. The minimum atomic E-state index is -0.823. The maximum Gasteiger partial charge on any atom is 0.325 e. The van der Waals surface area contributed by atoms with E-state index in [-0.39, 0.29) is 18.0 Å². The van der Waals surface area contributed by atoms with Crippen LogP contribution in [0.25, 0.3) is 0 Å². The summed E-state index contributed by atoms with van der Waals surface area (Å²) in [7, 11) is 0. The molecule has 4 heteroatoms. The van der Waals surface area contributed by atoms with Gasteiger partial charge < -0.3 is 5.32 Å². The number of nitrogens with zero attached hydrogens (tertiary/aromatic N) is 1. The van der Waals surface area contributed by atoms with Crippen molar-refractivity contribution < 1.29 is 9.59 Å². The number of hydrogen-bond donors (Lipinski definition) is 1. The zero-order valence-electron chi connectivity index (χ0n) is 11.3. The van der Waals surface area contributed by atoms with Gasteiger partial charge in [0.1, 0.15) is 5.54 Å². The highest BCUT2D eigenvalue weighted by Gasteiger charge is 2.54. The first kappa shape index (κ1) is 12.2. The number of urea groups is 1. The van der Waals surface area contributed by atoms with Gasteiger partial charge in [0.25, 0.3) is 5.91 Å². The molecule has 0 bridgehead atoms. The Morgan fingerprint density at radius 2 is 2.00 bits per heavy atom. The number of hydrogen-bond acceptors (Lipinski definition) is 2. The highest BCUT2D eigenvalue weighted by atomic mass is 16.2. The van der Waals surface area contributed by atoms with Crippen LogP contribution in [0.4, 0.5) is 4.79 Å². The number of amides is 3. The van der Waals surface area contributed by atoms with Gasteiger partial charge in [-0.15, -0.1) is 0 Å². The number of carbonyl (C=O) groups is 2. The fourth-order valence-corrected chi connectivity index (χ4v) is 3.25. The molecular formula is C15H18N2O2. The van der Waals surface area contributed by atoms with E-state index in [4.69, 9.17) is 0 Å². The Balaban J connectivity index is 2.12. The van der Waals surface area contributed by atoms with Crippen LogP contribution in [-0.2, 0) is 16.8 Å². The van der Waals surface area contributed by atoms with Crippen LogP contribution < -0.4 is 5.32 Å². The molecule has 3 rings (SSSR count). The van der Waals surface area contributed by atoms with E-state index < -0.39 is 5.54 Å². The van der Waals surface area contributed by atoms with E-state index in [0.29, 0.717) is 6.42 Å². The molecule has 4 nitrogen and oxygen atoms in total. The number of aryl methyl sites for hydroxylation is 1. The Kier molecular flexibility index (Phi) is 2.62. The molecule has 1 aromatic rings. The van der Waals surface area contributed by atoms with E-state index >= 15 is 0 Å². The minimum Gasteiger partial charge on any atom is -0.319 e. The highest BCUT2D eigenvalue weighted by molar-refractivity contribution is 6.08. The van der Waals surface area contributed by atoms with Crippen LogP contribution in [0.2, 0.25) is 0 Å². The summed E-state index contributed by atoms with van der Waals surface area (Å²) in [5, 5.41) is 2.94. The zero-order chi connectivity index (χ0) is 13.6. The fraction of sp³-hybridized carbons (Fsp3) is 0.467. The number of benzene rings is 1. The summed E-state index contributed by atoms with van der Waals surface area (Å²) in [5.74, 6) is -0.0975. The van der Waals surface area contributed by atoms with Gasteiger partial charge in [0.15, 0.2) is 0 Å². The molecule has 19 heavy (non-hydrogen) atoms. The van der Waals surface area contributed by atoms with Crippen molar-refractivity contribution in [3.05, 3.63) is 35.4 Å². The van der Waals surface area contributed by atoms with Crippen molar-refractivity contribution >= 4 is 11.9 Å². The number of rotatable bonds is 1. The van der Waals surface area contributed by atoms with Crippen molar-refractivity contribution in [3.63, 3.8) is 0 Å². The van der Waals surface area contributed by atoms with Gasteiger partial charge in [-0.2, -0.15) is 0 Å². The molecule has 1 fully saturated rings. The fourth-order valence-electron chi connectivity index (χ4n) is 3.25. The number of fused-ring (bicyclic) bond motifs is 2. The van der Waals surface area contributed by atoms with E-state index in [9.17, 15) is 9.59 Å². The Bertz CT molecular complexity index is 553. The Morgan fingerprint density at radius 3 is 2.68 bits per heavy atom. The lowest BCUT2D eigenvalue weighted by Gasteiger charge is -2.33. The molecule has 0 aromatic heterocycles. The second-order valence-electron chi connectivity index (χ2n) is 5.62. The van der Waals surface area contributed by atoms with E-state index in [2.05, 4.69) is 5.32 Å². The Hall–Kier alpha value is -1.84. The van der Waals surface area contributed by atoms with Gasteiger partial charge in [0.05, 0.1) is 0 Å². The van der Waals surface area contributed by atoms with E-state index in [0.717, 1.165) is 18.4 Å². The summed E-state index contributed by atoms with van der Waals surface area (Å²) in [5.41, 5.74) is 1.33.